The van der Waals surface area contributed by atoms with Crippen LogP contribution in [0.25, 0.3) is 0 Å². The Balaban J connectivity index is 1.94. The average molecular weight is 302 g/mol. The van der Waals surface area contributed by atoms with Crippen molar-refractivity contribution >= 4 is 17.1 Å². The Hall–Kier alpha value is -2.25. The number of benzene rings is 3. The Morgan fingerprint density at radius 1 is 0.636 bits per heavy atom. The number of rotatable bonds is 5. The van der Waals surface area contributed by atoms with Gasteiger partial charge in [0, 0.05) is 17.2 Å². The molecule has 3 aromatic carbocycles. The second-order valence-corrected chi connectivity index (χ2v) is 5.91. The lowest BCUT2D eigenvalue weighted by atomic mass is 9.86. The van der Waals surface area contributed by atoms with Gasteiger partial charge in [-0.3, -0.25) is 0 Å². The Kier molecular flexibility index (Phi) is 4.77. The van der Waals surface area contributed by atoms with E-state index < -0.39 is 0 Å². The van der Waals surface area contributed by atoms with Gasteiger partial charge in [-0.1, -0.05) is 103 Å². The van der Waals surface area contributed by atoms with E-state index >= 15 is 0 Å². The second-order valence-electron chi connectivity index (χ2n) is 5.38. The van der Waals surface area contributed by atoms with Crippen LogP contribution >= 0.6 is 12.2 Å². The van der Waals surface area contributed by atoms with Crippen LogP contribution in [-0.4, -0.2) is 4.86 Å². The van der Waals surface area contributed by atoms with Crippen molar-refractivity contribution in [2.24, 2.45) is 0 Å². The summed E-state index contributed by atoms with van der Waals surface area (Å²) in [6.45, 7) is 0. The van der Waals surface area contributed by atoms with Crippen molar-refractivity contribution in [2.75, 3.05) is 0 Å². The Morgan fingerprint density at radius 3 is 1.50 bits per heavy atom. The third-order valence-electron chi connectivity index (χ3n) is 3.81. The molecule has 0 spiro atoms. The zero-order chi connectivity index (χ0) is 15.2. The highest BCUT2D eigenvalue weighted by Crippen LogP contribution is 2.27. The molecule has 0 amide bonds. The quantitative estimate of drug-likeness (QED) is 0.566. The Labute approximate surface area is 137 Å². The van der Waals surface area contributed by atoms with E-state index in [0.717, 1.165) is 11.3 Å². The van der Waals surface area contributed by atoms with Gasteiger partial charge in [-0.15, -0.1) is 0 Å². The van der Waals surface area contributed by atoms with Crippen LogP contribution in [0.1, 0.15) is 22.6 Å². The molecule has 0 N–H and O–H groups in total. The SMILES string of the molecule is S=C(Cc1ccccc1)C(c1ccccc1)c1ccccc1. The van der Waals surface area contributed by atoms with Gasteiger partial charge in [-0.05, 0) is 16.7 Å². The van der Waals surface area contributed by atoms with Crippen LogP contribution in [0.4, 0.5) is 0 Å². The molecule has 0 aliphatic carbocycles. The second kappa shape index (κ2) is 7.15. The molecule has 0 atom stereocenters. The maximum absolute atomic E-state index is 5.82. The monoisotopic (exact) mass is 302 g/mol. The Bertz CT molecular complexity index is 678. The minimum Gasteiger partial charge on any atom is -0.0883 e. The molecule has 108 valence electrons. The first-order chi connectivity index (χ1) is 10.8. The highest BCUT2D eigenvalue weighted by Gasteiger charge is 2.18. The van der Waals surface area contributed by atoms with E-state index in [9.17, 15) is 0 Å². The average Bonchev–Trinajstić information content (AvgIpc) is 2.58. The summed E-state index contributed by atoms with van der Waals surface area (Å²) in [7, 11) is 0. The number of thiocarbonyl (C=S) groups is 1. The fourth-order valence-electron chi connectivity index (χ4n) is 2.75. The van der Waals surface area contributed by atoms with Crippen LogP contribution < -0.4 is 0 Å². The summed E-state index contributed by atoms with van der Waals surface area (Å²) in [4.78, 5) is 1.06. The van der Waals surface area contributed by atoms with Crippen LogP contribution in [0.5, 0.6) is 0 Å². The predicted molar refractivity (Wildman–Crippen MR) is 97.5 cm³/mol. The molecule has 0 aliphatic heterocycles. The number of hydrogen-bond donors (Lipinski definition) is 0. The molecular formula is C21H18S. The minimum atomic E-state index is 0.164. The largest absolute Gasteiger partial charge is 0.0883 e. The van der Waals surface area contributed by atoms with Gasteiger partial charge in [0.15, 0.2) is 0 Å². The van der Waals surface area contributed by atoms with E-state index in [2.05, 4.69) is 72.8 Å². The van der Waals surface area contributed by atoms with Crippen LogP contribution in [0, 0.1) is 0 Å². The summed E-state index contributed by atoms with van der Waals surface area (Å²) in [6.07, 6.45) is 0.824. The van der Waals surface area contributed by atoms with Gasteiger partial charge in [0.05, 0.1) is 0 Å². The van der Waals surface area contributed by atoms with E-state index in [-0.39, 0.29) is 5.92 Å². The van der Waals surface area contributed by atoms with Gasteiger partial charge >= 0.3 is 0 Å². The summed E-state index contributed by atoms with van der Waals surface area (Å²) in [6, 6.07) is 31.5. The third kappa shape index (κ3) is 3.49. The first kappa shape index (κ1) is 14.7. The van der Waals surface area contributed by atoms with E-state index in [1.807, 2.05) is 18.2 Å². The lowest BCUT2D eigenvalue weighted by Crippen LogP contribution is -2.14. The standard InChI is InChI=1S/C21H18S/c22-20(16-17-10-4-1-5-11-17)21(18-12-6-2-7-13-18)19-14-8-3-9-15-19/h1-15,21H,16H2. The van der Waals surface area contributed by atoms with Gasteiger partial charge in [0.2, 0.25) is 0 Å². The maximum Gasteiger partial charge on any atom is 0.0406 e. The van der Waals surface area contributed by atoms with Gasteiger partial charge in [0.25, 0.3) is 0 Å². The maximum atomic E-state index is 5.82. The lowest BCUT2D eigenvalue weighted by molar-refractivity contribution is 1.06. The molecule has 0 unspecified atom stereocenters. The van der Waals surface area contributed by atoms with Crippen LogP contribution in [-0.2, 0) is 6.42 Å². The highest BCUT2D eigenvalue weighted by molar-refractivity contribution is 7.80. The first-order valence-corrected chi connectivity index (χ1v) is 7.92. The molecule has 3 rings (SSSR count). The third-order valence-corrected chi connectivity index (χ3v) is 4.19. The molecule has 0 aromatic heterocycles. The molecule has 0 saturated carbocycles. The molecule has 22 heavy (non-hydrogen) atoms. The summed E-state index contributed by atoms with van der Waals surface area (Å²) < 4.78 is 0. The van der Waals surface area contributed by atoms with E-state index in [4.69, 9.17) is 12.2 Å². The van der Waals surface area contributed by atoms with E-state index in [1.54, 1.807) is 0 Å². The van der Waals surface area contributed by atoms with Crippen molar-refractivity contribution in [1.29, 1.82) is 0 Å². The molecule has 0 heterocycles. The smallest absolute Gasteiger partial charge is 0.0406 e. The van der Waals surface area contributed by atoms with Gasteiger partial charge < -0.3 is 0 Å². The zero-order valence-corrected chi connectivity index (χ0v) is 13.2. The van der Waals surface area contributed by atoms with Crippen molar-refractivity contribution in [1.82, 2.24) is 0 Å². The fraction of sp³-hybridized carbons (Fsp3) is 0.0952. The van der Waals surface area contributed by atoms with E-state index in [1.165, 1.54) is 16.7 Å². The van der Waals surface area contributed by atoms with Crippen molar-refractivity contribution in [2.45, 2.75) is 12.3 Å². The molecule has 0 saturated heterocycles. The molecule has 0 radical (unpaired) electrons. The van der Waals surface area contributed by atoms with Gasteiger partial charge in [-0.2, -0.15) is 0 Å². The predicted octanol–water partition coefficient (Wildman–Crippen LogP) is 5.43. The lowest BCUT2D eigenvalue weighted by Gasteiger charge is -2.19. The summed E-state index contributed by atoms with van der Waals surface area (Å²) in [5, 5.41) is 0. The van der Waals surface area contributed by atoms with Crippen LogP contribution in [0.2, 0.25) is 0 Å². The van der Waals surface area contributed by atoms with Gasteiger partial charge in [-0.25, -0.2) is 0 Å². The van der Waals surface area contributed by atoms with Crippen molar-refractivity contribution in [3.63, 3.8) is 0 Å². The Morgan fingerprint density at radius 2 is 1.05 bits per heavy atom. The molecule has 3 aromatic rings. The zero-order valence-electron chi connectivity index (χ0n) is 12.4. The summed E-state index contributed by atoms with van der Waals surface area (Å²) in [5.41, 5.74) is 3.79. The normalized spacial score (nSPS) is 10.6. The molecular weight excluding hydrogens is 284 g/mol. The highest BCUT2D eigenvalue weighted by atomic mass is 32.1. The molecule has 0 bridgehead atoms. The number of hydrogen-bond acceptors (Lipinski definition) is 1. The van der Waals surface area contributed by atoms with Crippen LogP contribution in [0.15, 0.2) is 91.0 Å². The molecule has 0 fully saturated rings. The fourth-order valence-corrected chi connectivity index (χ4v) is 3.19. The minimum absolute atomic E-state index is 0.164. The van der Waals surface area contributed by atoms with Crippen LogP contribution in [0.3, 0.4) is 0 Å². The van der Waals surface area contributed by atoms with Crippen molar-refractivity contribution < 1.29 is 0 Å². The van der Waals surface area contributed by atoms with E-state index in [0.29, 0.717) is 0 Å². The molecule has 0 aliphatic rings. The topological polar surface area (TPSA) is 0 Å². The first-order valence-electron chi connectivity index (χ1n) is 7.51. The molecule has 0 nitrogen and oxygen atoms in total. The summed E-state index contributed by atoms with van der Waals surface area (Å²) >= 11 is 5.82. The van der Waals surface area contributed by atoms with Gasteiger partial charge in [0.1, 0.15) is 0 Å². The van der Waals surface area contributed by atoms with Crippen molar-refractivity contribution in [3.8, 4) is 0 Å². The summed E-state index contributed by atoms with van der Waals surface area (Å²) in [5.74, 6) is 0.164. The molecule has 1 heteroatoms. The van der Waals surface area contributed by atoms with Crippen molar-refractivity contribution in [3.05, 3.63) is 108 Å².